The Morgan fingerprint density at radius 3 is 2.32 bits per heavy atom. The van der Waals surface area contributed by atoms with E-state index in [1.807, 2.05) is 0 Å². The molecule has 25 heavy (non-hydrogen) atoms. The van der Waals surface area contributed by atoms with Crippen LogP contribution in [0.3, 0.4) is 0 Å². The number of carbonyl (C=O) groups excluding carboxylic acids is 2. The highest BCUT2D eigenvalue weighted by Gasteiger charge is 2.29. The lowest BCUT2D eigenvalue weighted by Crippen LogP contribution is -2.47. The van der Waals surface area contributed by atoms with E-state index in [4.69, 9.17) is 9.47 Å². The van der Waals surface area contributed by atoms with Gasteiger partial charge in [-0.15, -0.1) is 5.10 Å². The van der Waals surface area contributed by atoms with E-state index in [2.05, 4.69) is 15.6 Å². The molecule has 1 aromatic heterocycles. The zero-order chi connectivity index (χ0) is 19.3. The van der Waals surface area contributed by atoms with Crippen molar-refractivity contribution in [1.82, 2.24) is 20.3 Å². The van der Waals surface area contributed by atoms with E-state index in [0.717, 1.165) is 0 Å². The number of rotatable bonds is 6. The van der Waals surface area contributed by atoms with Crippen LogP contribution < -0.4 is 5.32 Å². The number of ether oxygens (including phenoxy) is 2. The molecule has 0 fully saturated rings. The fraction of sp³-hybridized carbons (Fsp3) is 0.750. The standard InChI is InChI=1S/C16H27FN4O4/c1-15(2,3)24-13(22)12(18-14(23)25-16(4,5)6)9-11-10-21(8-7-17)20-19-11/h10,12H,7-9H2,1-6H3,(H,18,23)/t12-/m0/s1. The lowest BCUT2D eigenvalue weighted by atomic mass is 10.1. The molecular weight excluding hydrogens is 331 g/mol. The van der Waals surface area contributed by atoms with Gasteiger partial charge in [-0.3, -0.25) is 0 Å². The van der Waals surface area contributed by atoms with Gasteiger partial charge < -0.3 is 14.8 Å². The van der Waals surface area contributed by atoms with Crippen molar-refractivity contribution in [2.75, 3.05) is 6.67 Å². The van der Waals surface area contributed by atoms with Crippen LogP contribution in [0.25, 0.3) is 0 Å². The first-order chi connectivity index (χ1) is 11.4. The van der Waals surface area contributed by atoms with Gasteiger partial charge in [0.05, 0.1) is 12.2 Å². The van der Waals surface area contributed by atoms with Crippen molar-refractivity contribution < 1.29 is 23.5 Å². The molecule has 1 N–H and O–H groups in total. The van der Waals surface area contributed by atoms with E-state index in [1.165, 1.54) is 10.9 Å². The van der Waals surface area contributed by atoms with Crippen molar-refractivity contribution in [3.8, 4) is 0 Å². The van der Waals surface area contributed by atoms with Crippen molar-refractivity contribution in [2.24, 2.45) is 0 Å². The van der Waals surface area contributed by atoms with Crippen LogP contribution >= 0.6 is 0 Å². The predicted molar refractivity (Wildman–Crippen MR) is 88.7 cm³/mol. The normalized spacial score (nSPS) is 13.2. The number of aromatic nitrogens is 3. The average molecular weight is 358 g/mol. The maximum atomic E-state index is 12.4. The van der Waals surface area contributed by atoms with Gasteiger partial charge in [-0.2, -0.15) is 0 Å². The van der Waals surface area contributed by atoms with E-state index in [0.29, 0.717) is 5.69 Å². The molecule has 1 rings (SSSR count). The highest BCUT2D eigenvalue weighted by molar-refractivity contribution is 5.82. The Kier molecular flexibility index (Phi) is 6.89. The van der Waals surface area contributed by atoms with Crippen LogP contribution in [0.5, 0.6) is 0 Å². The number of hydrogen-bond donors (Lipinski definition) is 1. The SMILES string of the molecule is CC(C)(C)OC(=O)N[C@@H](Cc1cn(CCF)nn1)C(=O)OC(C)(C)C. The van der Waals surface area contributed by atoms with Crippen LogP contribution in [0.1, 0.15) is 47.2 Å². The van der Waals surface area contributed by atoms with Gasteiger partial charge >= 0.3 is 12.1 Å². The Morgan fingerprint density at radius 2 is 1.80 bits per heavy atom. The monoisotopic (exact) mass is 358 g/mol. The molecule has 1 atom stereocenters. The molecule has 142 valence electrons. The van der Waals surface area contributed by atoms with E-state index in [1.54, 1.807) is 41.5 Å². The molecule has 0 aromatic carbocycles. The van der Waals surface area contributed by atoms with Gasteiger partial charge in [0.15, 0.2) is 0 Å². The Morgan fingerprint density at radius 1 is 1.20 bits per heavy atom. The number of alkyl halides is 1. The Balaban J connectivity index is 2.86. The molecule has 8 nitrogen and oxygen atoms in total. The van der Waals surface area contributed by atoms with E-state index >= 15 is 0 Å². The molecule has 0 unspecified atom stereocenters. The zero-order valence-corrected chi connectivity index (χ0v) is 15.6. The Hall–Kier alpha value is -2.19. The number of aryl methyl sites for hydroxylation is 1. The van der Waals surface area contributed by atoms with Gasteiger partial charge in [0.1, 0.15) is 23.9 Å². The minimum atomic E-state index is -0.996. The molecule has 0 saturated heterocycles. The average Bonchev–Trinajstić information content (AvgIpc) is 2.81. The first-order valence-electron chi connectivity index (χ1n) is 8.07. The fourth-order valence-electron chi connectivity index (χ4n) is 1.85. The first kappa shape index (κ1) is 20.9. The summed E-state index contributed by atoms with van der Waals surface area (Å²) in [5, 5.41) is 10.1. The molecule has 0 aliphatic rings. The van der Waals surface area contributed by atoms with Gasteiger partial charge in [0.25, 0.3) is 0 Å². The molecule has 1 aromatic rings. The van der Waals surface area contributed by atoms with Crippen LogP contribution in [0.4, 0.5) is 9.18 Å². The summed E-state index contributed by atoms with van der Waals surface area (Å²) in [6.07, 6.45) is 0.841. The number of carbonyl (C=O) groups is 2. The molecule has 0 aliphatic heterocycles. The molecular formula is C16H27FN4O4. The van der Waals surface area contributed by atoms with Crippen molar-refractivity contribution >= 4 is 12.1 Å². The van der Waals surface area contributed by atoms with Crippen molar-refractivity contribution in [3.05, 3.63) is 11.9 Å². The molecule has 1 heterocycles. The van der Waals surface area contributed by atoms with Gasteiger partial charge in [-0.1, -0.05) is 5.21 Å². The number of nitrogens with one attached hydrogen (secondary N) is 1. The zero-order valence-electron chi connectivity index (χ0n) is 15.6. The smallest absolute Gasteiger partial charge is 0.408 e. The second-order valence-corrected chi connectivity index (χ2v) is 7.60. The topological polar surface area (TPSA) is 95.3 Å². The number of nitrogens with zero attached hydrogens (tertiary/aromatic N) is 3. The summed E-state index contributed by atoms with van der Waals surface area (Å²) >= 11 is 0. The number of esters is 1. The van der Waals surface area contributed by atoms with Crippen LogP contribution in [0.15, 0.2) is 6.20 Å². The second kappa shape index (κ2) is 8.26. The Bertz CT molecular complexity index is 590. The number of hydrogen-bond acceptors (Lipinski definition) is 6. The van der Waals surface area contributed by atoms with Gasteiger partial charge in [0, 0.05) is 12.6 Å². The summed E-state index contributed by atoms with van der Waals surface area (Å²) in [5.41, 5.74) is -0.982. The summed E-state index contributed by atoms with van der Waals surface area (Å²) in [6.45, 7) is 9.85. The summed E-state index contributed by atoms with van der Waals surface area (Å²) in [4.78, 5) is 24.4. The van der Waals surface area contributed by atoms with E-state index in [-0.39, 0.29) is 13.0 Å². The minimum absolute atomic E-state index is 0.0560. The number of halogens is 1. The summed E-state index contributed by atoms with van der Waals surface area (Å²) < 4.78 is 24.2. The fourth-order valence-corrected chi connectivity index (χ4v) is 1.85. The van der Waals surface area contributed by atoms with Crippen LogP contribution in [-0.2, 0) is 27.2 Å². The maximum absolute atomic E-state index is 12.4. The number of amides is 1. The van der Waals surface area contributed by atoms with E-state index < -0.39 is 36.0 Å². The van der Waals surface area contributed by atoms with Gasteiger partial charge in [0.2, 0.25) is 0 Å². The molecule has 1 amide bonds. The van der Waals surface area contributed by atoms with Crippen molar-refractivity contribution in [1.29, 1.82) is 0 Å². The predicted octanol–water partition coefficient (Wildman–Crippen LogP) is 2.03. The molecule has 0 spiro atoms. The van der Waals surface area contributed by atoms with Crippen molar-refractivity contribution in [2.45, 2.75) is 71.8 Å². The highest BCUT2D eigenvalue weighted by Crippen LogP contribution is 2.12. The third-order valence-electron chi connectivity index (χ3n) is 2.70. The third kappa shape index (κ3) is 8.46. The lowest BCUT2D eigenvalue weighted by Gasteiger charge is -2.25. The highest BCUT2D eigenvalue weighted by atomic mass is 19.1. The first-order valence-corrected chi connectivity index (χ1v) is 8.07. The van der Waals surface area contributed by atoms with Gasteiger partial charge in [-0.05, 0) is 41.5 Å². The van der Waals surface area contributed by atoms with Crippen LogP contribution in [-0.4, -0.2) is 51.0 Å². The summed E-state index contributed by atoms with van der Waals surface area (Å²) in [6, 6.07) is -0.996. The molecule has 0 aliphatic carbocycles. The molecule has 0 radical (unpaired) electrons. The lowest BCUT2D eigenvalue weighted by molar-refractivity contribution is -0.157. The largest absolute Gasteiger partial charge is 0.458 e. The molecule has 9 heteroatoms. The van der Waals surface area contributed by atoms with Crippen LogP contribution in [0.2, 0.25) is 0 Å². The maximum Gasteiger partial charge on any atom is 0.408 e. The third-order valence-corrected chi connectivity index (χ3v) is 2.70. The number of alkyl carbamates (subject to hydrolysis) is 1. The minimum Gasteiger partial charge on any atom is -0.458 e. The van der Waals surface area contributed by atoms with Gasteiger partial charge in [-0.25, -0.2) is 18.7 Å². The summed E-state index contributed by atoms with van der Waals surface area (Å²) in [7, 11) is 0. The Labute approximate surface area is 147 Å². The molecule has 0 saturated carbocycles. The molecule has 0 bridgehead atoms. The van der Waals surface area contributed by atoms with Crippen molar-refractivity contribution in [3.63, 3.8) is 0 Å². The van der Waals surface area contributed by atoms with E-state index in [9.17, 15) is 14.0 Å². The van der Waals surface area contributed by atoms with Crippen LogP contribution in [0, 0.1) is 0 Å². The quantitative estimate of drug-likeness (QED) is 0.782. The second-order valence-electron chi connectivity index (χ2n) is 7.60. The summed E-state index contributed by atoms with van der Waals surface area (Å²) in [5.74, 6) is -0.613.